The lowest BCUT2D eigenvalue weighted by molar-refractivity contribution is 0.355. The number of aryl methyl sites for hydroxylation is 1. The number of anilines is 1. The molecule has 0 fully saturated rings. The summed E-state index contributed by atoms with van der Waals surface area (Å²) in [6.45, 7) is 1.66. The van der Waals surface area contributed by atoms with Crippen molar-refractivity contribution in [3.05, 3.63) is 71.9 Å². The molecule has 0 aliphatic rings. The lowest BCUT2D eigenvalue weighted by atomic mass is 10.1. The Morgan fingerprint density at radius 2 is 1.91 bits per heavy atom. The fraction of sp³-hybridized carbons (Fsp3) is 0.130. The highest BCUT2D eigenvalue weighted by molar-refractivity contribution is 5.89. The summed E-state index contributed by atoms with van der Waals surface area (Å²) in [6, 6.07) is 17.3. The van der Waals surface area contributed by atoms with E-state index in [0.717, 1.165) is 16.8 Å². The zero-order valence-electron chi connectivity index (χ0n) is 17.7. The summed E-state index contributed by atoms with van der Waals surface area (Å²) in [4.78, 5) is 3.99. The molecule has 0 amide bonds. The number of methoxy groups -OCH3 is 2. The van der Waals surface area contributed by atoms with E-state index in [9.17, 15) is 0 Å². The molecule has 0 atom stereocenters. The number of nitriles is 1. The second kappa shape index (κ2) is 9.06. The molecule has 2 aromatic heterocycles. The van der Waals surface area contributed by atoms with Crippen molar-refractivity contribution in [2.75, 3.05) is 19.6 Å². The number of para-hydroxylation sites is 1. The van der Waals surface area contributed by atoms with Crippen LogP contribution in [-0.4, -0.2) is 35.2 Å². The molecule has 2 heterocycles. The molecule has 0 aliphatic heterocycles. The topological polar surface area (TPSA) is 110 Å². The van der Waals surface area contributed by atoms with Gasteiger partial charge in [-0.2, -0.15) is 15.5 Å². The average Bonchev–Trinajstić information content (AvgIpc) is 3.42. The van der Waals surface area contributed by atoms with Crippen LogP contribution in [0.15, 0.2) is 64.2 Å². The highest BCUT2D eigenvalue weighted by atomic mass is 16.5. The first kappa shape index (κ1) is 20.7. The van der Waals surface area contributed by atoms with Gasteiger partial charge in [0, 0.05) is 24.2 Å². The van der Waals surface area contributed by atoms with Gasteiger partial charge in [0.25, 0.3) is 5.88 Å². The van der Waals surface area contributed by atoms with Gasteiger partial charge in [0.15, 0.2) is 17.4 Å². The summed E-state index contributed by atoms with van der Waals surface area (Å²) in [5.74, 6) is 1.78. The quantitative estimate of drug-likeness (QED) is 0.347. The predicted octanol–water partition coefficient (Wildman–Crippen LogP) is 4.17. The molecule has 9 nitrogen and oxygen atoms in total. The summed E-state index contributed by atoms with van der Waals surface area (Å²) < 4.78 is 17.9. The SMILES string of the molecule is COc1ccc(-c2nn(-c3ccccc3)cc2/C=N/Nc2oc(C)nc2C#N)cc1OC. The largest absolute Gasteiger partial charge is 0.493 e. The maximum Gasteiger partial charge on any atom is 0.252 e. The Kier molecular flexibility index (Phi) is 5.85. The smallest absolute Gasteiger partial charge is 0.252 e. The minimum atomic E-state index is 0.139. The van der Waals surface area contributed by atoms with Crippen LogP contribution in [0.1, 0.15) is 17.1 Å². The lowest BCUT2D eigenvalue weighted by Gasteiger charge is -2.09. The van der Waals surface area contributed by atoms with E-state index in [2.05, 4.69) is 15.5 Å². The monoisotopic (exact) mass is 428 g/mol. The van der Waals surface area contributed by atoms with Crippen molar-refractivity contribution in [2.45, 2.75) is 6.92 Å². The molecular formula is C23H20N6O3. The summed E-state index contributed by atoms with van der Waals surface area (Å²) in [5, 5.41) is 18.2. The molecule has 0 bridgehead atoms. The number of nitrogens with zero attached hydrogens (tertiary/aromatic N) is 5. The van der Waals surface area contributed by atoms with Gasteiger partial charge in [-0.1, -0.05) is 18.2 Å². The van der Waals surface area contributed by atoms with Gasteiger partial charge < -0.3 is 13.9 Å². The molecule has 1 N–H and O–H groups in total. The normalized spacial score (nSPS) is 10.8. The van der Waals surface area contributed by atoms with Gasteiger partial charge in [-0.15, -0.1) is 0 Å². The van der Waals surface area contributed by atoms with Gasteiger partial charge in [-0.05, 0) is 30.3 Å². The molecule has 0 aliphatic carbocycles. The standard InChI is InChI=1S/C23H20N6O3/c1-15-26-19(12-24)23(32-15)27-25-13-17-14-29(18-7-5-4-6-8-18)28-22(17)16-9-10-20(30-2)21(11-16)31-3/h4-11,13-14,27H,1-3H3/b25-13+. The van der Waals surface area contributed by atoms with Crippen LogP contribution in [0.25, 0.3) is 16.9 Å². The Hall–Kier alpha value is -4.58. The highest BCUT2D eigenvalue weighted by Gasteiger charge is 2.15. The third-order valence-corrected chi connectivity index (χ3v) is 4.63. The zero-order chi connectivity index (χ0) is 22.5. The maximum atomic E-state index is 9.16. The van der Waals surface area contributed by atoms with Crippen molar-refractivity contribution in [1.29, 1.82) is 5.26 Å². The predicted molar refractivity (Wildman–Crippen MR) is 119 cm³/mol. The Morgan fingerprint density at radius 3 is 2.62 bits per heavy atom. The van der Waals surface area contributed by atoms with Crippen molar-refractivity contribution in [3.63, 3.8) is 0 Å². The molecule has 32 heavy (non-hydrogen) atoms. The van der Waals surface area contributed by atoms with Gasteiger partial charge in [0.2, 0.25) is 5.69 Å². The van der Waals surface area contributed by atoms with E-state index < -0.39 is 0 Å². The van der Waals surface area contributed by atoms with Crippen LogP contribution in [0.2, 0.25) is 0 Å². The number of hydrogen-bond acceptors (Lipinski definition) is 8. The van der Waals surface area contributed by atoms with Gasteiger partial charge >= 0.3 is 0 Å². The number of rotatable bonds is 7. The number of hydrazone groups is 1. The minimum Gasteiger partial charge on any atom is -0.493 e. The molecule has 0 saturated heterocycles. The first-order chi connectivity index (χ1) is 15.6. The van der Waals surface area contributed by atoms with Gasteiger partial charge in [0.05, 0.1) is 26.1 Å². The number of oxazole rings is 1. The fourth-order valence-corrected chi connectivity index (χ4v) is 3.14. The first-order valence-electron chi connectivity index (χ1n) is 9.67. The van der Waals surface area contributed by atoms with E-state index in [1.54, 1.807) is 32.0 Å². The van der Waals surface area contributed by atoms with Crippen molar-refractivity contribution < 1.29 is 13.9 Å². The molecule has 4 aromatic rings. The molecule has 0 radical (unpaired) electrons. The van der Waals surface area contributed by atoms with Crippen molar-refractivity contribution in [1.82, 2.24) is 14.8 Å². The zero-order valence-corrected chi connectivity index (χ0v) is 17.7. The number of ether oxygens (including phenoxy) is 2. The Bertz CT molecular complexity index is 1300. The number of aromatic nitrogens is 3. The Balaban J connectivity index is 1.73. The first-order valence-corrected chi connectivity index (χ1v) is 9.67. The van der Waals surface area contributed by atoms with Crippen LogP contribution in [0, 0.1) is 18.3 Å². The van der Waals surface area contributed by atoms with E-state index in [1.807, 2.05) is 60.8 Å². The fourth-order valence-electron chi connectivity index (χ4n) is 3.14. The van der Waals surface area contributed by atoms with Gasteiger partial charge in [0.1, 0.15) is 11.8 Å². The summed E-state index contributed by atoms with van der Waals surface area (Å²) >= 11 is 0. The summed E-state index contributed by atoms with van der Waals surface area (Å²) in [6.07, 6.45) is 3.47. The molecule has 4 rings (SSSR count). The Labute approximate surface area is 184 Å². The second-order valence-corrected chi connectivity index (χ2v) is 6.68. The molecule has 0 spiro atoms. The van der Waals surface area contributed by atoms with Crippen LogP contribution in [0.5, 0.6) is 11.5 Å². The molecular weight excluding hydrogens is 408 g/mol. The molecule has 0 unspecified atom stereocenters. The van der Waals surface area contributed by atoms with Crippen LogP contribution < -0.4 is 14.9 Å². The number of hydrogen-bond donors (Lipinski definition) is 1. The number of benzene rings is 2. The third-order valence-electron chi connectivity index (χ3n) is 4.63. The molecule has 9 heteroatoms. The maximum absolute atomic E-state index is 9.16. The average molecular weight is 428 g/mol. The van der Waals surface area contributed by atoms with Crippen LogP contribution in [-0.2, 0) is 0 Å². The number of nitrogens with one attached hydrogen (secondary N) is 1. The van der Waals surface area contributed by atoms with Crippen molar-refractivity contribution in [3.8, 4) is 34.5 Å². The van der Waals surface area contributed by atoms with Crippen LogP contribution >= 0.6 is 0 Å². The van der Waals surface area contributed by atoms with E-state index in [0.29, 0.717) is 23.1 Å². The van der Waals surface area contributed by atoms with E-state index in [4.69, 9.17) is 24.3 Å². The van der Waals surface area contributed by atoms with E-state index >= 15 is 0 Å². The van der Waals surface area contributed by atoms with Gasteiger partial charge in [-0.3, -0.25) is 0 Å². The second-order valence-electron chi connectivity index (χ2n) is 6.68. The summed E-state index contributed by atoms with van der Waals surface area (Å²) in [7, 11) is 3.18. The Morgan fingerprint density at radius 1 is 1.12 bits per heavy atom. The molecule has 2 aromatic carbocycles. The summed E-state index contributed by atoms with van der Waals surface area (Å²) in [5.41, 5.74) is 6.03. The van der Waals surface area contributed by atoms with Crippen LogP contribution in [0.4, 0.5) is 5.88 Å². The third kappa shape index (κ3) is 4.15. The molecule has 0 saturated carbocycles. The highest BCUT2D eigenvalue weighted by Crippen LogP contribution is 2.33. The van der Waals surface area contributed by atoms with E-state index in [-0.39, 0.29) is 11.6 Å². The van der Waals surface area contributed by atoms with Crippen molar-refractivity contribution in [2.24, 2.45) is 5.10 Å². The van der Waals surface area contributed by atoms with Gasteiger partial charge in [-0.25, -0.2) is 15.1 Å². The van der Waals surface area contributed by atoms with Crippen LogP contribution in [0.3, 0.4) is 0 Å². The minimum absolute atomic E-state index is 0.139. The van der Waals surface area contributed by atoms with Crippen molar-refractivity contribution >= 4 is 12.1 Å². The lowest BCUT2D eigenvalue weighted by Crippen LogP contribution is -1.95. The molecule has 160 valence electrons. The van der Waals surface area contributed by atoms with E-state index in [1.165, 1.54) is 0 Å².